The SMILES string of the molecule is C=C/C=C\C(=C/C)Oc1ccc(S(=C)(C)=O)cc1. The zero-order valence-corrected chi connectivity index (χ0v) is 11.6. The third-order valence-corrected chi connectivity index (χ3v) is 3.51. The van der Waals surface area contributed by atoms with E-state index in [0.29, 0.717) is 5.75 Å². The molecule has 0 spiro atoms. The van der Waals surface area contributed by atoms with Crippen LogP contribution in [0.2, 0.25) is 0 Å². The summed E-state index contributed by atoms with van der Waals surface area (Å²) in [4.78, 5) is 0.721. The van der Waals surface area contributed by atoms with E-state index in [1.165, 1.54) is 0 Å². The Morgan fingerprint density at radius 1 is 1.33 bits per heavy atom. The summed E-state index contributed by atoms with van der Waals surface area (Å²) >= 11 is 0. The van der Waals surface area contributed by atoms with Gasteiger partial charge in [-0.2, -0.15) is 0 Å². The molecular weight excluding hydrogens is 244 g/mol. The van der Waals surface area contributed by atoms with Gasteiger partial charge < -0.3 is 4.74 Å². The van der Waals surface area contributed by atoms with Crippen LogP contribution in [0.3, 0.4) is 0 Å². The van der Waals surface area contributed by atoms with Gasteiger partial charge in [0.15, 0.2) is 0 Å². The minimum absolute atomic E-state index is 0.698. The second-order valence-corrected chi connectivity index (χ2v) is 6.35. The standard InChI is InChI=1S/C15H18O2S/c1-5-7-8-13(6-2)17-14-9-11-15(12-10-14)18(3,4)16/h5-12H,1,3H2,2,4H3/b8-7-,13-6+. The number of benzene rings is 1. The van der Waals surface area contributed by atoms with Gasteiger partial charge in [-0.1, -0.05) is 18.7 Å². The molecule has 1 rings (SSSR count). The maximum absolute atomic E-state index is 11.7. The monoisotopic (exact) mass is 262 g/mol. The van der Waals surface area contributed by atoms with E-state index in [-0.39, 0.29) is 0 Å². The summed E-state index contributed by atoms with van der Waals surface area (Å²) in [6, 6.07) is 7.12. The van der Waals surface area contributed by atoms with Crippen LogP contribution in [0.1, 0.15) is 6.92 Å². The highest BCUT2D eigenvalue weighted by Crippen LogP contribution is 2.18. The summed E-state index contributed by atoms with van der Waals surface area (Å²) in [7, 11) is -2.17. The summed E-state index contributed by atoms with van der Waals surface area (Å²) < 4.78 is 17.4. The van der Waals surface area contributed by atoms with Crippen molar-refractivity contribution in [2.45, 2.75) is 11.8 Å². The van der Waals surface area contributed by atoms with E-state index in [2.05, 4.69) is 12.4 Å². The Labute approximate surface area is 109 Å². The summed E-state index contributed by atoms with van der Waals surface area (Å²) in [6.45, 7) is 5.50. The van der Waals surface area contributed by atoms with E-state index in [0.717, 1.165) is 10.7 Å². The zero-order chi connectivity index (χ0) is 13.6. The van der Waals surface area contributed by atoms with Crippen LogP contribution in [0.25, 0.3) is 0 Å². The molecular formula is C15H18O2S. The van der Waals surface area contributed by atoms with Gasteiger partial charge in [0.25, 0.3) is 0 Å². The second-order valence-electron chi connectivity index (χ2n) is 3.86. The lowest BCUT2D eigenvalue weighted by Gasteiger charge is -2.07. The average molecular weight is 262 g/mol. The quantitative estimate of drug-likeness (QED) is 0.462. The predicted molar refractivity (Wildman–Crippen MR) is 79.6 cm³/mol. The molecule has 1 atom stereocenters. The maximum Gasteiger partial charge on any atom is 0.127 e. The lowest BCUT2D eigenvalue weighted by molar-refractivity contribution is 0.443. The van der Waals surface area contributed by atoms with Crippen LogP contribution in [0, 0.1) is 0 Å². The first-order valence-electron chi connectivity index (χ1n) is 5.53. The van der Waals surface area contributed by atoms with E-state index >= 15 is 0 Å². The molecule has 96 valence electrons. The van der Waals surface area contributed by atoms with Crippen molar-refractivity contribution in [1.82, 2.24) is 0 Å². The number of allylic oxidation sites excluding steroid dienone is 4. The van der Waals surface area contributed by atoms with Crippen LogP contribution in [0.5, 0.6) is 5.75 Å². The van der Waals surface area contributed by atoms with Crippen LogP contribution in [0.15, 0.2) is 65.8 Å². The molecule has 0 saturated heterocycles. The van der Waals surface area contributed by atoms with Crippen molar-refractivity contribution in [2.24, 2.45) is 0 Å². The molecule has 18 heavy (non-hydrogen) atoms. The molecule has 0 bridgehead atoms. The first kappa shape index (κ1) is 14.3. The van der Waals surface area contributed by atoms with Crippen molar-refractivity contribution >= 4 is 15.4 Å². The van der Waals surface area contributed by atoms with Crippen molar-refractivity contribution in [3.8, 4) is 5.75 Å². The summed E-state index contributed by atoms with van der Waals surface area (Å²) in [5, 5.41) is 0. The Morgan fingerprint density at radius 3 is 2.39 bits per heavy atom. The first-order valence-corrected chi connectivity index (χ1v) is 7.66. The normalized spacial score (nSPS) is 15.3. The molecule has 0 radical (unpaired) electrons. The van der Waals surface area contributed by atoms with E-state index in [4.69, 9.17) is 4.74 Å². The van der Waals surface area contributed by atoms with E-state index in [1.54, 1.807) is 42.7 Å². The average Bonchev–Trinajstić information content (AvgIpc) is 2.34. The summed E-state index contributed by atoms with van der Waals surface area (Å²) in [5.74, 6) is 5.07. The number of rotatable bonds is 5. The first-order chi connectivity index (χ1) is 8.47. The molecule has 1 aromatic rings. The highest BCUT2D eigenvalue weighted by Gasteiger charge is 2.02. The van der Waals surface area contributed by atoms with Crippen molar-refractivity contribution in [2.75, 3.05) is 6.26 Å². The van der Waals surface area contributed by atoms with E-state index in [1.807, 2.05) is 19.1 Å². The van der Waals surface area contributed by atoms with E-state index in [9.17, 15) is 4.21 Å². The molecule has 0 N–H and O–H groups in total. The number of ether oxygens (including phenoxy) is 1. The lowest BCUT2D eigenvalue weighted by atomic mass is 10.3. The predicted octanol–water partition coefficient (Wildman–Crippen LogP) is 3.42. The fourth-order valence-corrected chi connectivity index (χ4v) is 2.00. The molecule has 0 aliphatic rings. The molecule has 1 unspecified atom stereocenters. The Kier molecular flexibility index (Phi) is 4.98. The third kappa shape index (κ3) is 4.26. The minimum atomic E-state index is -2.17. The van der Waals surface area contributed by atoms with Crippen molar-refractivity contribution in [3.05, 3.63) is 60.9 Å². The van der Waals surface area contributed by atoms with Crippen molar-refractivity contribution < 1.29 is 8.95 Å². The molecule has 0 amide bonds. The highest BCUT2D eigenvalue weighted by molar-refractivity contribution is 7.99. The Morgan fingerprint density at radius 2 is 1.94 bits per heavy atom. The molecule has 0 saturated carbocycles. The van der Waals surface area contributed by atoms with Gasteiger partial charge in [-0.05, 0) is 58.7 Å². The topological polar surface area (TPSA) is 26.3 Å². The molecule has 0 fully saturated rings. The van der Waals surface area contributed by atoms with Gasteiger partial charge in [-0.3, -0.25) is 4.21 Å². The van der Waals surface area contributed by atoms with Gasteiger partial charge >= 0.3 is 0 Å². The van der Waals surface area contributed by atoms with E-state index < -0.39 is 9.52 Å². The Balaban J connectivity index is 2.87. The number of hydrogen-bond donors (Lipinski definition) is 0. The van der Waals surface area contributed by atoms with Gasteiger partial charge in [0, 0.05) is 11.2 Å². The maximum atomic E-state index is 11.7. The third-order valence-electron chi connectivity index (χ3n) is 2.24. The summed E-state index contributed by atoms with van der Waals surface area (Å²) in [5.41, 5.74) is 0. The van der Waals surface area contributed by atoms with Crippen LogP contribution < -0.4 is 4.74 Å². The lowest BCUT2D eigenvalue weighted by Crippen LogP contribution is -1.97. The summed E-state index contributed by atoms with van der Waals surface area (Å²) in [6.07, 6.45) is 8.79. The molecule has 1 aromatic carbocycles. The highest BCUT2D eigenvalue weighted by atomic mass is 32.2. The fourth-order valence-electron chi connectivity index (χ4n) is 1.28. The molecule has 0 heterocycles. The largest absolute Gasteiger partial charge is 0.458 e. The van der Waals surface area contributed by atoms with Crippen LogP contribution in [0.4, 0.5) is 0 Å². The van der Waals surface area contributed by atoms with Gasteiger partial charge in [0.05, 0.1) is 0 Å². The van der Waals surface area contributed by atoms with Gasteiger partial charge in [-0.15, -0.1) is 0 Å². The van der Waals surface area contributed by atoms with Crippen LogP contribution in [-0.2, 0) is 9.52 Å². The van der Waals surface area contributed by atoms with Gasteiger partial charge in [-0.25, -0.2) is 0 Å². The van der Waals surface area contributed by atoms with Crippen LogP contribution >= 0.6 is 0 Å². The van der Waals surface area contributed by atoms with Gasteiger partial charge in [0.1, 0.15) is 11.5 Å². The fraction of sp³-hybridized carbons (Fsp3) is 0.133. The molecule has 3 heteroatoms. The van der Waals surface area contributed by atoms with Crippen molar-refractivity contribution in [1.29, 1.82) is 0 Å². The van der Waals surface area contributed by atoms with Crippen molar-refractivity contribution in [3.63, 3.8) is 0 Å². The Bertz CT molecular complexity index is 561. The Hall–Kier alpha value is -1.74. The minimum Gasteiger partial charge on any atom is -0.458 e. The zero-order valence-electron chi connectivity index (χ0n) is 10.8. The second kappa shape index (κ2) is 6.26. The van der Waals surface area contributed by atoms with Gasteiger partial charge in [0.2, 0.25) is 0 Å². The molecule has 0 aliphatic heterocycles. The smallest absolute Gasteiger partial charge is 0.127 e. The van der Waals surface area contributed by atoms with Crippen LogP contribution in [-0.4, -0.2) is 16.3 Å². The molecule has 0 aromatic heterocycles. The molecule has 2 nitrogen and oxygen atoms in total. The number of hydrogen-bond acceptors (Lipinski definition) is 2. The molecule has 0 aliphatic carbocycles.